The lowest BCUT2D eigenvalue weighted by molar-refractivity contribution is -0.132. The van der Waals surface area contributed by atoms with Crippen LogP contribution in [0.15, 0.2) is 66.2 Å². The molecule has 10 heteroatoms. The zero-order valence-electron chi connectivity index (χ0n) is 25.5. The predicted octanol–water partition coefficient (Wildman–Crippen LogP) is 7.15. The number of aliphatic hydroxyl groups is 1. The molecule has 230 valence electrons. The van der Waals surface area contributed by atoms with Gasteiger partial charge >= 0.3 is 5.91 Å². The van der Waals surface area contributed by atoms with Gasteiger partial charge in [-0.15, -0.1) is 0 Å². The number of nitrogens with zero attached hydrogens (tertiary/aromatic N) is 2. The van der Waals surface area contributed by atoms with Gasteiger partial charge in [0.05, 0.1) is 49.3 Å². The number of rotatable bonds is 12. The minimum Gasteiger partial charge on any atom is -0.507 e. The van der Waals surface area contributed by atoms with Crippen molar-refractivity contribution in [2.24, 2.45) is 5.92 Å². The van der Waals surface area contributed by atoms with Crippen molar-refractivity contribution in [3.05, 3.63) is 77.4 Å². The maximum absolute atomic E-state index is 13.8. The third kappa shape index (κ3) is 6.21. The lowest BCUT2D eigenvalue weighted by Gasteiger charge is -2.24. The molecule has 0 spiro atoms. The van der Waals surface area contributed by atoms with Gasteiger partial charge in [-0.25, -0.2) is 4.98 Å². The molecule has 9 nitrogen and oxygen atoms in total. The van der Waals surface area contributed by atoms with Gasteiger partial charge in [0.2, 0.25) is 0 Å². The number of carbonyl (C=O) groups excluding carboxylic acids is 2. The standard InChI is InChI=1S/C34H36N2O7S/c1-6-15-42-24-9-7-8-22(17-24)31(37)29-30(21-10-13-26(27(18-21)41-5)43-16-14-20(2)3)36(33(39)32(29)38)34-35-25-12-11-23(40-4)19-28(25)44-34/h7-13,17-20,30,37H,6,14-16H2,1-5H3. The van der Waals surface area contributed by atoms with Gasteiger partial charge in [0, 0.05) is 5.56 Å². The summed E-state index contributed by atoms with van der Waals surface area (Å²) in [4.78, 5) is 33.6. The highest BCUT2D eigenvalue weighted by Gasteiger charge is 2.48. The molecule has 2 heterocycles. The SMILES string of the molecule is CCCOc1cccc(C(O)=C2C(=O)C(=O)N(c3nc4ccc(OC)cc4s3)C2c2ccc(OCCC(C)C)c(OC)c2)c1. The minimum atomic E-state index is -0.990. The number of Topliss-reactive ketones (excluding diaryl/α,β-unsaturated/α-hetero) is 1. The number of thiazole rings is 1. The average molecular weight is 617 g/mol. The summed E-state index contributed by atoms with van der Waals surface area (Å²) in [5.74, 6) is 0.734. The van der Waals surface area contributed by atoms with Crippen molar-refractivity contribution in [1.82, 2.24) is 4.98 Å². The van der Waals surface area contributed by atoms with Crippen LogP contribution in [0.5, 0.6) is 23.0 Å². The molecule has 5 rings (SSSR count). The van der Waals surface area contributed by atoms with Gasteiger partial charge in [0.25, 0.3) is 5.78 Å². The molecule has 1 fully saturated rings. The highest BCUT2D eigenvalue weighted by Crippen LogP contribution is 2.46. The first-order valence-corrected chi connectivity index (χ1v) is 15.4. The molecule has 0 radical (unpaired) electrons. The van der Waals surface area contributed by atoms with Crippen LogP contribution in [0.25, 0.3) is 16.0 Å². The molecule has 1 amide bonds. The van der Waals surface area contributed by atoms with Gasteiger partial charge in [-0.1, -0.05) is 50.3 Å². The number of hydrogen-bond donors (Lipinski definition) is 1. The van der Waals surface area contributed by atoms with Crippen molar-refractivity contribution < 1.29 is 33.6 Å². The highest BCUT2D eigenvalue weighted by atomic mass is 32.1. The minimum absolute atomic E-state index is 0.0602. The zero-order chi connectivity index (χ0) is 31.4. The van der Waals surface area contributed by atoms with E-state index in [1.807, 2.05) is 13.0 Å². The second-order valence-corrected chi connectivity index (χ2v) is 11.8. The molecule has 1 aliphatic rings. The lowest BCUT2D eigenvalue weighted by atomic mass is 9.95. The quantitative estimate of drug-likeness (QED) is 0.102. The monoisotopic (exact) mass is 616 g/mol. The first-order valence-electron chi connectivity index (χ1n) is 14.5. The zero-order valence-corrected chi connectivity index (χ0v) is 26.3. The van der Waals surface area contributed by atoms with Crippen LogP contribution in [0.3, 0.4) is 0 Å². The maximum atomic E-state index is 13.8. The molecule has 4 aromatic rings. The third-order valence-corrected chi connectivity index (χ3v) is 8.29. The Bertz CT molecular complexity index is 1710. The van der Waals surface area contributed by atoms with Crippen molar-refractivity contribution >= 4 is 44.1 Å². The molecule has 0 bridgehead atoms. The Hall–Kier alpha value is -4.57. The van der Waals surface area contributed by atoms with Crippen LogP contribution in [0.4, 0.5) is 5.13 Å². The van der Waals surface area contributed by atoms with Crippen LogP contribution < -0.4 is 23.8 Å². The molecule has 1 aliphatic heterocycles. The number of ether oxygens (including phenoxy) is 4. The number of methoxy groups -OCH3 is 2. The largest absolute Gasteiger partial charge is 0.507 e. The summed E-state index contributed by atoms with van der Waals surface area (Å²) < 4.78 is 23.6. The van der Waals surface area contributed by atoms with E-state index in [0.717, 1.165) is 17.5 Å². The molecule has 1 atom stereocenters. The molecule has 1 saturated heterocycles. The van der Waals surface area contributed by atoms with E-state index >= 15 is 0 Å². The summed E-state index contributed by atoms with van der Waals surface area (Å²) in [6.07, 6.45) is 1.68. The smallest absolute Gasteiger partial charge is 0.301 e. The van der Waals surface area contributed by atoms with Crippen LogP contribution in [0.1, 0.15) is 50.8 Å². The normalized spacial score (nSPS) is 16.1. The van der Waals surface area contributed by atoms with E-state index in [1.165, 1.54) is 23.3 Å². The van der Waals surface area contributed by atoms with Crippen LogP contribution in [-0.2, 0) is 9.59 Å². The van der Waals surface area contributed by atoms with E-state index in [9.17, 15) is 14.7 Å². The fraction of sp³-hybridized carbons (Fsp3) is 0.324. The molecule has 0 saturated carbocycles. The molecule has 1 N–H and O–H groups in total. The number of benzene rings is 3. The van der Waals surface area contributed by atoms with Crippen LogP contribution in [0.2, 0.25) is 0 Å². The van der Waals surface area contributed by atoms with Crippen molar-refractivity contribution in [1.29, 1.82) is 0 Å². The number of ketones is 1. The van der Waals surface area contributed by atoms with Gasteiger partial charge in [-0.05, 0) is 66.8 Å². The second kappa shape index (κ2) is 13.4. The summed E-state index contributed by atoms with van der Waals surface area (Å²) in [5.41, 5.74) is 1.50. The van der Waals surface area contributed by atoms with E-state index in [0.29, 0.717) is 63.9 Å². The molecule has 0 aliphatic carbocycles. The van der Waals surface area contributed by atoms with Crippen LogP contribution in [0, 0.1) is 5.92 Å². The molecule has 3 aromatic carbocycles. The number of aliphatic hydroxyl groups excluding tert-OH is 1. The summed E-state index contributed by atoms with van der Waals surface area (Å²) in [5, 5.41) is 12.0. The van der Waals surface area contributed by atoms with Crippen molar-refractivity contribution in [3.8, 4) is 23.0 Å². The van der Waals surface area contributed by atoms with E-state index in [2.05, 4.69) is 13.8 Å². The molecule has 1 unspecified atom stereocenters. The van der Waals surface area contributed by atoms with Gasteiger partial charge in [-0.2, -0.15) is 0 Å². The summed E-state index contributed by atoms with van der Waals surface area (Å²) in [6.45, 7) is 7.26. The predicted molar refractivity (Wildman–Crippen MR) is 171 cm³/mol. The van der Waals surface area contributed by atoms with Crippen LogP contribution in [-0.4, -0.2) is 49.2 Å². The van der Waals surface area contributed by atoms with E-state index in [4.69, 9.17) is 23.9 Å². The number of aromatic nitrogens is 1. The Labute approximate surface area is 260 Å². The van der Waals surface area contributed by atoms with E-state index in [-0.39, 0.29) is 11.3 Å². The van der Waals surface area contributed by atoms with Crippen molar-refractivity contribution in [3.63, 3.8) is 0 Å². The average Bonchev–Trinajstić information content (AvgIpc) is 3.56. The summed E-state index contributed by atoms with van der Waals surface area (Å²) >= 11 is 1.26. The topological polar surface area (TPSA) is 107 Å². The fourth-order valence-corrected chi connectivity index (χ4v) is 5.98. The highest BCUT2D eigenvalue weighted by molar-refractivity contribution is 7.22. The third-order valence-electron chi connectivity index (χ3n) is 7.27. The molecule has 1 aromatic heterocycles. The maximum Gasteiger partial charge on any atom is 0.301 e. The lowest BCUT2D eigenvalue weighted by Crippen LogP contribution is -2.29. The van der Waals surface area contributed by atoms with Gasteiger partial charge in [-0.3, -0.25) is 14.5 Å². The van der Waals surface area contributed by atoms with E-state index in [1.54, 1.807) is 61.7 Å². The van der Waals surface area contributed by atoms with Gasteiger partial charge in [0.15, 0.2) is 16.6 Å². The number of fused-ring (bicyclic) bond motifs is 1. The number of anilines is 1. The summed E-state index contributed by atoms with van der Waals surface area (Å²) in [6, 6.07) is 16.5. The first kappa shape index (κ1) is 30.9. The Kier molecular flexibility index (Phi) is 9.39. The van der Waals surface area contributed by atoms with Gasteiger partial charge < -0.3 is 24.1 Å². The van der Waals surface area contributed by atoms with Gasteiger partial charge in [0.1, 0.15) is 17.3 Å². The Balaban J connectivity index is 1.65. The molecular formula is C34H36N2O7S. The molecular weight excluding hydrogens is 580 g/mol. The number of carbonyl (C=O) groups is 2. The second-order valence-electron chi connectivity index (χ2n) is 10.8. The number of amides is 1. The van der Waals surface area contributed by atoms with Crippen molar-refractivity contribution in [2.45, 2.75) is 39.7 Å². The Morgan fingerprint density at radius 1 is 0.955 bits per heavy atom. The van der Waals surface area contributed by atoms with E-state index < -0.39 is 17.7 Å². The van der Waals surface area contributed by atoms with Crippen molar-refractivity contribution in [2.75, 3.05) is 32.3 Å². The first-order chi connectivity index (χ1) is 21.2. The summed E-state index contributed by atoms with van der Waals surface area (Å²) in [7, 11) is 3.11. The molecule has 44 heavy (non-hydrogen) atoms. The fourth-order valence-electron chi connectivity index (χ4n) is 4.95. The number of hydrogen-bond acceptors (Lipinski definition) is 9. The Morgan fingerprint density at radius 3 is 2.50 bits per heavy atom. The van der Waals surface area contributed by atoms with Crippen LogP contribution >= 0.6 is 11.3 Å². The Morgan fingerprint density at radius 2 is 1.77 bits per heavy atom.